The normalized spacial score (nSPS) is 21.1. The molecular formula is C18H26N2O3S. The first kappa shape index (κ1) is 17.3. The molecule has 5 nitrogen and oxygen atoms in total. The molecule has 1 aliphatic carbocycles. The molecule has 1 unspecified atom stereocenters. The lowest BCUT2D eigenvalue weighted by Gasteiger charge is -2.23. The van der Waals surface area contributed by atoms with Gasteiger partial charge in [-0.2, -0.15) is 0 Å². The van der Waals surface area contributed by atoms with E-state index in [9.17, 15) is 13.2 Å². The molecule has 132 valence electrons. The summed E-state index contributed by atoms with van der Waals surface area (Å²) in [6, 6.07) is 5.29. The molecule has 0 aromatic heterocycles. The minimum Gasteiger partial charge on any atom is -0.341 e. The van der Waals surface area contributed by atoms with E-state index in [1.165, 1.54) is 36.2 Å². The Hall–Kier alpha value is -1.56. The number of benzene rings is 1. The predicted octanol–water partition coefficient (Wildman–Crippen LogP) is 2.66. The molecular weight excluding hydrogens is 324 g/mol. The van der Waals surface area contributed by atoms with Crippen molar-refractivity contribution >= 4 is 21.6 Å². The van der Waals surface area contributed by atoms with Crippen molar-refractivity contribution in [1.82, 2.24) is 4.90 Å². The number of amides is 1. The Morgan fingerprint density at radius 2 is 1.96 bits per heavy atom. The van der Waals surface area contributed by atoms with Crippen molar-refractivity contribution in [3.8, 4) is 0 Å². The highest BCUT2D eigenvalue weighted by atomic mass is 32.2. The average molecular weight is 350 g/mol. The van der Waals surface area contributed by atoms with E-state index >= 15 is 0 Å². The highest BCUT2D eigenvalue weighted by Gasteiger charge is 2.33. The van der Waals surface area contributed by atoms with Crippen LogP contribution >= 0.6 is 0 Å². The van der Waals surface area contributed by atoms with Crippen LogP contribution in [0, 0.1) is 5.92 Å². The van der Waals surface area contributed by atoms with Gasteiger partial charge in [0.1, 0.15) is 0 Å². The molecule has 1 aliphatic heterocycles. The van der Waals surface area contributed by atoms with E-state index in [-0.39, 0.29) is 11.9 Å². The van der Waals surface area contributed by atoms with Crippen molar-refractivity contribution in [2.24, 2.45) is 5.92 Å². The monoisotopic (exact) mass is 350 g/mol. The number of carbonyl (C=O) groups is 1. The zero-order chi connectivity index (χ0) is 17.5. The van der Waals surface area contributed by atoms with Crippen molar-refractivity contribution in [2.75, 3.05) is 24.2 Å². The summed E-state index contributed by atoms with van der Waals surface area (Å²) in [7, 11) is -1.43. The Bertz CT molecular complexity index is 739. The van der Waals surface area contributed by atoms with Crippen LogP contribution in [-0.2, 0) is 16.4 Å². The first-order chi connectivity index (χ1) is 11.3. The average Bonchev–Trinajstić information content (AvgIpc) is 3.10. The van der Waals surface area contributed by atoms with Crippen LogP contribution in [0.1, 0.15) is 48.5 Å². The lowest BCUT2D eigenvalue weighted by atomic mass is 10.0. The fourth-order valence-corrected chi connectivity index (χ4v) is 5.39. The SMILES string of the molecule is CC1Cc2cc(C(=O)N(C)CC3CCCC3)ccc2N1S(C)(=O)=O. The van der Waals surface area contributed by atoms with E-state index in [4.69, 9.17) is 0 Å². The highest BCUT2D eigenvalue weighted by Crippen LogP contribution is 2.35. The Morgan fingerprint density at radius 3 is 2.58 bits per heavy atom. The minimum atomic E-state index is -3.29. The number of hydrogen-bond acceptors (Lipinski definition) is 3. The van der Waals surface area contributed by atoms with Crippen LogP contribution in [0.2, 0.25) is 0 Å². The van der Waals surface area contributed by atoms with Gasteiger partial charge in [-0.1, -0.05) is 12.8 Å². The maximum Gasteiger partial charge on any atom is 0.253 e. The molecule has 1 amide bonds. The molecule has 1 saturated carbocycles. The van der Waals surface area contributed by atoms with Crippen molar-refractivity contribution in [3.05, 3.63) is 29.3 Å². The molecule has 2 aliphatic rings. The second-order valence-electron chi connectivity index (χ2n) is 7.29. The van der Waals surface area contributed by atoms with Crippen LogP contribution in [0.5, 0.6) is 0 Å². The number of sulfonamides is 1. The molecule has 1 heterocycles. The summed E-state index contributed by atoms with van der Waals surface area (Å²) in [5, 5.41) is 0. The lowest BCUT2D eigenvalue weighted by molar-refractivity contribution is 0.0773. The summed E-state index contributed by atoms with van der Waals surface area (Å²) in [6.07, 6.45) is 6.84. The maximum absolute atomic E-state index is 12.7. The van der Waals surface area contributed by atoms with Crippen molar-refractivity contribution in [3.63, 3.8) is 0 Å². The van der Waals surface area contributed by atoms with Crippen molar-refractivity contribution in [1.29, 1.82) is 0 Å². The van der Waals surface area contributed by atoms with Crippen LogP contribution in [0.15, 0.2) is 18.2 Å². The standard InChI is InChI=1S/C18H26N2O3S/c1-13-10-16-11-15(8-9-17(16)20(13)24(3,22)23)18(21)19(2)12-14-6-4-5-7-14/h8-9,11,13-14H,4-7,10,12H2,1-3H3. The predicted molar refractivity (Wildman–Crippen MR) is 95.8 cm³/mol. The summed E-state index contributed by atoms with van der Waals surface area (Å²) < 4.78 is 25.4. The van der Waals surface area contributed by atoms with E-state index < -0.39 is 10.0 Å². The molecule has 24 heavy (non-hydrogen) atoms. The number of hydrogen-bond donors (Lipinski definition) is 0. The summed E-state index contributed by atoms with van der Waals surface area (Å²) >= 11 is 0. The molecule has 0 saturated heterocycles. The summed E-state index contributed by atoms with van der Waals surface area (Å²) in [4.78, 5) is 14.5. The van der Waals surface area contributed by atoms with Crippen LogP contribution in [0.4, 0.5) is 5.69 Å². The first-order valence-electron chi connectivity index (χ1n) is 8.65. The second-order valence-corrected chi connectivity index (χ2v) is 9.15. The fourth-order valence-electron chi connectivity index (χ4n) is 4.12. The number of anilines is 1. The summed E-state index contributed by atoms with van der Waals surface area (Å²) in [5.74, 6) is 0.643. The minimum absolute atomic E-state index is 0.0233. The Kier molecular flexibility index (Phi) is 4.60. The fraction of sp³-hybridized carbons (Fsp3) is 0.611. The third-order valence-corrected chi connectivity index (χ3v) is 6.46. The molecule has 0 radical (unpaired) electrons. The number of fused-ring (bicyclic) bond motifs is 1. The van der Waals surface area contributed by atoms with Gasteiger partial charge in [-0.3, -0.25) is 9.10 Å². The molecule has 1 fully saturated rings. The van der Waals surface area contributed by atoms with E-state index in [0.29, 0.717) is 23.6 Å². The molecule has 0 bridgehead atoms. The van der Waals surface area contributed by atoms with Crippen LogP contribution in [0.25, 0.3) is 0 Å². The number of carbonyl (C=O) groups excluding carboxylic acids is 1. The summed E-state index contributed by atoms with van der Waals surface area (Å²) in [5.41, 5.74) is 2.30. The van der Waals surface area contributed by atoms with Gasteiger partial charge in [-0.05, 0) is 55.9 Å². The zero-order valence-corrected chi connectivity index (χ0v) is 15.5. The maximum atomic E-state index is 12.7. The third kappa shape index (κ3) is 3.29. The number of rotatable bonds is 4. The topological polar surface area (TPSA) is 57.7 Å². The second kappa shape index (κ2) is 6.39. The lowest BCUT2D eigenvalue weighted by Crippen LogP contribution is -2.34. The summed E-state index contributed by atoms with van der Waals surface area (Å²) in [6.45, 7) is 2.70. The molecule has 1 aromatic rings. The van der Waals surface area contributed by atoms with Gasteiger partial charge in [0.2, 0.25) is 10.0 Å². The molecule has 1 aromatic carbocycles. The van der Waals surface area contributed by atoms with E-state index in [1.807, 2.05) is 24.9 Å². The Balaban J connectivity index is 1.79. The van der Waals surface area contributed by atoms with Gasteiger partial charge in [0.25, 0.3) is 5.91 Å². The Labute approximate surface area is 144 Å². The van der Waals surface area contributed by atoms with Crippen molar-refractivity contribution in [2.45, 2.75) is 45.1 Å². The highest BCUT2D eigenvalue weighted by molar-refractivity contribution is 7.92. The van der Waals surface area contributed by atoms with Gasteiger partial charge < -0.3 is 4.90 Å². The van der Waals surface area contributed by atoms with Crippen LogP contribution < -0.4 is 4.31 Å². The molecule has 0 spiro atoms. The smallest absolute Gasteiger partial charge is 0.253 e. The molecule has 1 atom stereocenters. The van der Waals surface area contributed by atoms with Gasteiger partial charge in [-0.25, -0.2) is 8.42 Å². The van der Waals surface area contributed by atoms with Gasteiger partial charge >= 0.3 is 0 Å². The molecule has 3 rings (SSSR count). The van der Waals surface area contributed by atoms with Gasteiger partial charge in [-0.15, -0.1) is 0 Å². The first-order valence-corrected chi connectivity index (χ1v) is 10.5. The quantitative estimate of drug-likeness (QED) is 0.839. The van der Waals surface area contributed by atoms with Gasteiger partial charge in [0.05, 0.1) is 11.9 Å². The zero-order valence-electron chi connectivity index (χ0n) is 14.7. The Morgan fingerprint density at radius 1 is 1.29 bits per heavy atom. The van der Waals surface area contributed by atoms with Gasteiger partial charge in [0.15, 0.2) is 0 Å². The largest absolute Gasteiger partial charge is 0.341 e. The van der Waals surface area contributed by atoms with Crippen LogP contribution in [0.3, 0.4) is 0 Å². The van der Waals surface area contributed by atoms with Crippen molar-refractivity contribution < 1.29 is 13.2 Å². The van der Waals surface area contributed by atoms with Gasteiger partial charge in [0, 0.05) is 25.2 Å². The van der Waals surface area contributed by atoms with Crippen LogP contribution in [-0.4, -0.2) is 45.1 Å². The van der Waals surface area contributed by atoms with E-state index in [2.05, 4.69) is 0 Å². The third-order valence-electron chi connectivity index (χ3n) is 5.19. The number of nitrogens with zero attached hydrogens (tertiary/aromatic N) is 2. The molecule has 6 heteroatoms. The van der Waals surface area contributed by atoms with E-state index in [1.54, 1.807) is 12.1 Å². The van der Waals surface area contributed by atoms with E-state index in [0.717, 1.165) is 12.1 Å². The molecule has 0 N–H and O–H groups in total.